The van der Waals surface area contributed by atoms with Crippen LogP contribution >= 0.6 is 0 Å². The number of anilines is 2. The largest absolute Gasteiger partial charge is 0.407 e. The van der Waals surface area contributed by atoms with E-state index in [0.717, 1.165) is 33.5 Å². The van der Waals surface area contributed by atoms with Gasteiger partial charge in [-0.05, 0) is 68.3 Å². The first-order valence-corrected chi connectivity index (χ1v) is 13.0. The van der Waals surface area contributed by atoms with E-state index in [1.807, 2.05) is 118 Å². The molecule has 0 unspecified atom stereocenters. The van der Waals surface area contributed by atoms with Crippen LogP contribution in [0.3, 0.4) is 0 Å². The predicted octanol–water partition coefficient (Wildman–Crippen LogP) is 7.70. The van der Waals surface area contributed by atoms with Gasteiger partial charge in [-0.15, -0.1) is 0 Å². The quantitative estimate of drug-likeness (QED) is 0.220. The molecule has 0 aliphatic heterocycles. The van der Waals surface area contributed by atoms with Gasteiger partial charge in [0.2, 0.25) is 5.88 Å². The van der Waals surface area contributed by atoms with E-state index in [-0.39, 0.29) is 6.03 Å². The van der Waals surface area contributed by atoms with Crippen molar-refractivity contribution in [3.63, 3.8) is 0 Å². The first-order chi connectivity index (χ1) is 19.3. The van der Waals surface area contributed by atoms with Crippen LogP contribution in [0.2, 0.25) is 0 Å². The summed E-state index contributed by atoms with van der Waals surface area (Å²) >= 11 is 0. The molecule has 0 fully saturated rings. The number of esters is 1. The Bertz CT molecular complexity index is 1670. The van der Waals surface area contributed by atoms with Crippen LogP contribution in [0.25, 0.3) is 28.1 Å². The van der Waals surface area contributed by atoms with Crippen LogP contribution in [-0.4, -0.2) is 21.8 Å². The second-order valence-electron chi connectivity index (χ2n) is 9.76. The number of nitrogens with zero attached hydrogens (tertiary/aromatic N) is 2. The summed E-state index contributed by atoms with van der Waals surface area (Å²) in [5.74, 6) is -0.122. The zero-order valence-corrected chi connectivity index (χ0v) is 22.9. The van der Waals surface area contributed by atoms with E-state index >= 15 is 0 Å². The predicted molar refractivity (Wildman–Crippen MR) is 159 cm³/mol. The van der Waals surface area contributed by atoms with E-state index < -0.39 is 5.97 Å². The van der Waals surface area contributed by atoms with Gasteiger partial charge < -0.3 is 15.4 Å². The fourth-order valence-corrected chi connectivity index (χ4v) is 4.39. The van der Waals surface area contributed by atoms with Crippen LogP contribution < -0.4 is 15.4 Å². The zero-order chi connectivity index (χ0) is 28.2. The smallest absolute Gasteiger partial charge is 0.323 e. The lowest BCUT2D eigenvalue weighted by molar-refractivity contribution is -0.132. The van der Waals surface area contributed by atoms with E-state index in [9.17, 15) is 9.59 Å². The Morgan fingerprint density at radius 1 is 0.700 bits per heavy atom. The maximum absolute atomic E-state index is 12.6. The van der Waals surface area contributed by atoms with Crippen molar-refractivity contribution in [2.24, 2.45) is 0 Å². The third-order valence-corrected chi connectivity index (χ3v) is 6.40. The highest BCUT2D eigenvalue weighted by Crippen LogP contribution is 2.41. The fourth-order valence-electron chi connectivity index (χ4n) is 4.39. The van der Waals surface area contributed by atoms with Gasteiger partial charge in [-0.25, -0.2) is 4.79 Å². The lowest BCUT2D eigenvalue weighted by Gasteiger charge is -2.11. The maximum atomic E-state index is 12.6. The standard InChI is InChI=1S/C33H30N4O3/c1-21-8-12-26(13-9-21)31-30(32(40-24(4)38)37(36-31)29-7-5-6-23(3)20-29)25-14-18-28(19-15-25)35-33(39)34-27-16-10-22(2)11-17-27/h5-20H,1-4H3,(H2,34,35,39). The SMILES string of the molecule is CC(=O)Oc1c(-c2ccc(NC(=O)Nc3ccc(C)cc3)cc2)c(-c2ccc(C)cc2)nn1-c1cccc(C)c1. The van der Waals surface area contributed by atoms with E-state index in [1.54, 1.807) is 4.68 Å². The minimum atomic E-state index is -0.448. The highest BCUT2D eigenvalue weighted by Gasteiger charge is 2.24. The summed E-state index contributed by atoms with van der Waals surface area (Å²) in [6, 6.07) is 30.5. The van der Waals surface area contributed by atoms with Crippen molar-refractivity contribution >= 4 is 23.4 Å². The average Bonchev–Trinajstić information content (AvgIpc) is 3.29. The topological polar surface area (TPSA) is 85.2 Å². The Hall–Kier alpha value is -5.17. The molecule has 5 rings (SSSR count). The number of amides is 2. The van der Waals surface area contributed by atoms with Crippen molar-refractivity contribution in [3.05, 3.63) is 114 Å². The number of aryl methyl sites for hydroxylation is 3. The van der Waals surface area contributed by atoms with Crippen molar-refractivity contribution in [2.75, 3.05) is 10.6 Å². The number of ether oxygens (including phenoxy) is 1. The Morgan fingerprint density at radius 3 is 1.82 bits per heavy atom. The molecule has 0 saturated carbocycles. The second kappa shape index (κ2) is 11.3. The maximum Gasteiger partial charge on any atom is 0.323 e. The normalized spacial score (nSPS) is 10.7. The molecule has 2 amide bonds. The van der Waals surface area contributed by atoms with Gasteiger partial charge in [0.25, 0.3) is 0 Å². The summed E-state index contributed by atoms with van der Waals surface area (Å²) in [5, 5.41) is 10.6. The molecular weight excluding hydrogens is 500 g/mol. The molecule has 0 bridgehead atoms. The van der Waals surface area contributed by atoms with Crippen LogP contribution in [-0.2, 0) is 4.79 Å². The molecule has 7 nitrogen and oxygen atoms in total. The minimum Gasteiger partial charge on any atom is -0.407 e. The van der Waals surface area contributed by atoms with Gasteiger partial charge in [0.15, 0.2) is 0 Å². The molecule has 200 valence electrons. The number of carbonyl (C=O) groups is 2. The van der Waals surface area contributed by atoms with Crippen molar-refractivity contribution in [1.29, 1.82) is 0 Å². The number of hydrogen-bond acceptors (Lipinski definition) is 4. The summed E-state index contributed by atoms with van der Waals surface area (Å²) < 4.78 is 7.47. The van der Waals surface area contributed by atoms with E-state index in [1.165, 1.54) is 6.92 Å². The summed E-state index contributed by atoms with van der Waals surface area (Å²) in [4.78, 5) is 24.8. The summed E-state index contributed by atoms with van der Waals surface area (Å²) in [6.45, 7) is 7.40. The summed E-state index contributed by atoms with van der Waals surface area (Å²) in [6.07, 6.45) is 0. The molecule has 2 N–H and O–H groups in total. The lowest BCUT2D eigenvalue weighted by Crippen LogP contribution is -2.19. The molecule has 5 aromatic rings. The Labute approximate surface area is 233 Å². The van der Waals surface area contributed by atoms with Crippen molar-refractivity contribution in [3.8, 4) is 34.0 Å². The molecule has 0 saturated heterocycles. The number of nitrogens with one attached hydrogen (secondary N) is 2. The number of urea groups is 1. The first-order valence-electron chi connectivity index (χ1n) is 13.0. The molecule has 1 heterocycles. The van der Waals surface area contributed by atoms with Crippen molar-refractivity contribution in [2.45, 2.75) is 27.7 Å². The van der Waals surface area contributed by atoms with E-state index in [4.69, 9.17) is 9.84 Å². The van der Waals surface area contributed by atoms with Crippen LogP contribution in [0.4, 0.5) is 16.2 Å². The molecule has 0 atom stereocenters. The Balaban J connectivity index is 1.54. The highest BCUT2D eigenvalue weighted by atomic mass is 16.5. The third kappa shape index (κ3) is 5.94. The monoisotopic (exact) mass is 530 g/mol. The Morgan fingerprint density at radius 2 is 1.25 bits per heavy atom. The van der Waals surface area contributed by atoms with Crippen molar-refractivity contribution in [1.82, 2.24) is 9.78 Å². The summed E-state index contributed by atoms with van der Waals surface area (Å²) in [7, 11) is 0. The van der Waals surface area contributed by atoms with Gasteiger partial charge in [0, 0.05) is 23.9 Å². The third-order valence-electron chi connectivity index (χ3n) is 6.40. The Kier molecular flexibility index (Phi) is 7.46. The van der Waals surface area contributed by atoms with Gasteiger partial charge >= 0.3 is 12.0 Å². The van der Waals surface area contributed by atoms with E-state index in [0.29, 0.717) is 28.5 Å². The number of carbonyl (C=O) groups excluding carboxylic acids is 2. The average molecular weight is 531 g/mol. The van der Waals surface area contributed by atoms with Gasteiger partial charge in [0.05, 0.1) is 11.3 Å². The van der Waals surface area contributed by atoms with Gasteiger partial charge in [0.1, 0.15) is 5.69 Å². The molecule has 0 radical (unpaired) electrons. The highest BCUT2D eigenvalue weighted by molar-refractivity contribution is 6.00. The molecule has 0 aliphatic carbocycles. The molecule has 4 aromatic carbocycles. The fraction of sp³-hybridized carbons (Fsp3) is 0.121. The minimum absolute atomic E-state index is 0.325. The van der Waals surface area contributed by atoms with E-state index in [2.05, 4.69) is 10.6 Å². The molecule has 0 spiro atoms. The molecule has 0 aliphatic rings. The summed E-state index contributed by atoms with van der Waals surface area (Å²) in [5.41, 5.74) is 8.43. The van der Waals surface area contributed by atoms with Gasteiger partial charge in [-0.3, -0.25) is 4.79 Å². The second-order valence-corrected chi connectivity index (χ2v) is 9.76. The number of rotatable bonds is 6. The molecule has 7 heteroatoms. The van der Waals surface area contributed by atoms with Gasteiger partial charge in [-0.2, -0.15) is 9.78 Å². The van der Waals surface area contributed by atoms with Crippen LogP contribution in [0.15, 0.2) is 97.1 Å². The lowest BCUT2D eigenvalue weighted by atomic mass is 10.00. The number of aromatic nitrogens is 2. The van der Waals surface area contributed by atoms with Crippen molar-refractivity contribution < 1.29 is 14.3 Å². The first kappa shape index (κ1) is 26.4. The molecule has 1 aromatic heterocycles. The number of benzene rings is 4. The molecule has 40 heavy (non-hydrogen) atoms. The van der Waals surface area contributed by atoms with Crippen LogP contribution in [0.5, 0.6) is 5.88 Å². The molecular formula is C33H30N4O3. The zero-order valence-electron chi connectivity index (χ0n) is 22.9. The van der Waals surface area contributed by atoms with Crippen LogP contribution in [0.1, 0.15) is 23.6 Å². The van der Waals surface area contributed by atoms with Gasteiger partial charge in [-0.1, -0.05) is 71.8 Å². The van der Waals surface area contributed by atoms with Crippen LogP contribution in [0, 0.1) is 20.8 Å². The number of hydrogen-bond donors (Lipinski definition) is 2.